The third-order valence-electron chi connectivity index (χ3n) is 4.05. The van der Waals surface area contributed by atoms with E-state index in [-0.39, 0.29) is 0 Å². The Morgan fingerprint density at radius 2 is 1.83 bits per heavy atom. The Bertz CT molecular complexity index is 559. The van der Waals surface area contributed by atoms with Crippen LogP contribution < -0.4 is 0 Å². The first-order chi connectivity index (χ1) is 8.58. The average Bonchev–Trinajstić information content (AvgIpc) is 2.88. The highest BCUT2D eigenvalue weighted by molar-refractivity contribution is 5.34. The van der Waals surface area contributed by atoms with Crippen molar-refractivity contribution in [3.63, 3.8) is 0 Å². The fourth-order valence-electron chi connectivity index (χ4n) is 2.74. The Morgan fingerprint density at radius 1 is 1.17 bits per heavy atom. The number of likely N-dealkylation sites (N-methyl/N-ethyl adjacent to an activating group) is 1. The molecule has 2 aromatic heterocycles. The number of aryl methyl sites for hydroxylation is 2. The van der Waals surface area contributed by atoms with Crippen LogP contribution >= 0.6 is 0 Å². The highest BCUT2D eigenvalue weighted by atomic mass is 15.4. The Hall–Kier alpha value is -1.55. The molecule has 0 aromatic carbocycles. The first-order valence-electron chi connectivity index (χ1n) is 6.51. The molecule has 0 aliphatic carbocycles. The molecule has 0 saturated heterocycles. The molecule has 0 fully saturated rings. The van der Waals surface area contributed by atoms with Gasteiger partial charge in [-0.2, -0.15) is 5.10 Å². The summed E-state index contributed by atoms with van der Waals surface area (Å²) in [6, 6.07) is 6.95. The van der Waals surface area contributed by atoms with E-state index >= 15 is 0 Å². The van der Waals surface area contributed by atoms with Gasteiger partial charge >= 0.3 is 0 Å². The molecule has 0 amide bonds. The van der Waals surface area contributed by atoms with E-state index in [1.54, 1.807) is 0 Å². The van der Waals surface area contributed by atoms with Gasteiger partial charge in [0.15, 0.2) is 5.82 Å². The van der Waals surface area contributed by atoms with E-state index in [0.717, 1.165) is 18.9 Å². The zero-order valence-corrected chi connectivity index (χ0v) is 11.5. The van der Waals surface area contributed by atoms with Crippen molar-refractivity contribution in [1.29, 1.82) is 0 Å². The van der Waals surface area contributed by atoms with Crippen molar-refractivity contribution in [3.05, 3.63) is 35.3 Å². The predicted molar refractivity (Wildman–Crippen MR) is 72.1 cm³/mol. The van der Waals surface area contributed by atoms with Gasteiger partial charge in [0.05, 0.1) is 12.2 Å². The van der Waals surface area contributed by atoms with Gasteiger partial charge in [-0.1, -0.05) is 0 Å². The molecule has 3 rings (SSSR count). The summed E-state index contributed by atoms with van der Waals surface area (Å²) in [4.78, 5) is 2.37. The summed E-state index contributed by atoms with van der Waals surface area (Å²) in [5, 5.41) is 4.75. The summed E-state index contributed by atoms with van der Waals surface area (Å²) in [6.07, 6.45) is 0. The molecule has 0 N–H and O–H groups in total. The molecule has 1 aliphatic rings. The largest absolute Gasteiger partial charge is 0.302 e. The van der Waals surface area contributed by atoms with E-state index < -0.39 is 0 Å². The lowest BCUT2D eigenvalue weighted by atomic mass is 10.1. The van der Waals surface area contributed by atoms with Crippen LogP contribution in [0, 0.1) is 13.8 Å². The summed E-state index contributed by atoms with van der Waals surface area (Å²) in [7, 11) is 2.17. The van der Waals surface area contributed by atoms with Crippen LogP contribution in [-0.4, -0.2) is 32.8 Å². The fraction of sp³-hybridized carbons (Fsp3) is 0.500. The van der Waals surface area contributed by atoms with E-state index in [4.69, 9.17) is 5.10 Å². The van der Waals surface area contributed by atoms with Gasteiger partial charge in [0, 0.05) is 30.0 Å². The highest BCUT2D eigenvalue weighted by Crippen LogP contribution is 2.26. The molecule has 4 heteroatoms. The zero-order valence-electron chi connectivity index (χ0n) is 11.5. The summed E-state index contributed by atoms with van der Waals surface area (Å²) < 4.78 is 4.37. The van der Waals surface area contributed by atoms with Crippen molar-refractivity contribution < 1.29 is 0 Å². The van der Waals surface area contributed by atoms with Gasteiger partial charge in [-0.3, -0.25) is 9.58 Å². The van der Waals surface area contributed by atoms with Crippen LogP contribution in [0.25, 0.3) is 5.82 Å². The van der Waals surface area contributed by atoms with E-state index in [1.807, 2.05) is 0 Å². The number of hydrogen-bond acceptors (Lipinski definition) is 2. The van der Waals surface area contributed by atoms with Crippen LogP contribution in [0.4, 0.5) is 0 Å². The molecule has 18 heavy (non-hydrogen) atoms. The number of aromatic nitrogens is 3. The van der Waals surface area contributed by atoms with E-state index in [0.29, 0.717) is 6.04 Å². The maximum absolute atomic E-state index is 4.75. The number of rotatable bonds is 1. The fourth-order valence-corrected chi connectivity index (χ4v) is 2.74. The van der Waals surface area contributed by atoms with Gasteiger partial charge in [-0.15, -0.1) is 0 Å². The SMILES string of the molecule is Cc1ccc(C)n1-c1cc2n(n1)CCN(C)C2C. The monoisotopic (exact) mass is 244 g/mol. The quantitative estimate of drug-likeness (QED) is 0.769. The van der Waals surface area contributed by atoms with E-state index in [1.165, 1.54) is 17.1 Å². The van der Waals surface area contributed by atoms with Gasteiger partial charge in [0.2, 0.25) is 0 Å². The molecule has 1 atom stereocenters. The van der Waals surface area contributed by atoms with Crippen LogP contribution in [-0.2, 0) is 6.54 Å². The van der Waals surface area contributed by atoms with Gasteiger partial charge in [0.25, 0.3) is 0 Å². The molecular formula is C14H20N4. The van der Waals surface area contributed by atoms with E-state index in [2.05, 4.69) is 60.2 Å². The van der Waals surface area contributed by atoms with Crippen molar-refractivity contribution >= 4 is 0 Å². The molecule has 0 spiro atoms. The molecule has 3 heterocycles. The van der Waals surface area contributed by atoms with Crippen LogP contribution in [0.3, 0.4) is 0 Å². The summed E-state index contributed by atoms with van der Waals surface area (Å²) in [6.45, 7) is 8.54. The lowest BCUT2D eigenvalue weighted by Gasteiger charge is -2.30. The smallest absolute Gasteiger partial charge is 0.159 e. The Labute approximate surface area is 108 Å². The molecule has 1 aliphatic heterocycles. The van der Waals surface area contributed by atoms with Crippen LogP contribution in [0.15, 0.2) is 18.2 Å². The van der Waals surface area contributed by atoms with Gasteiger partial charge < -0.3 is 4.57 Å². The van der Waals surface area contributed by atoms with Gasteiger partial charge in [-0.05, 0) is 40.0 Å². The Morgan fingerprint density at radius 3 is 2.50 bits per heavy atom. The first-order valence-corrected chi connectivity index (χ1v) is 6.51. The average molecular weight is 244 g/mol. The highest BCUT2D eigenvalue weighted by Gasteiger charge is 2.23. The lowest BCUT2D eigenvalue weighted by Crippen LogP contribution is -2.33. The van der Waals surface area contributed by atoms with Crippen molar-refractivity contribution in [3.8, 4) is 5.82 Å². The van der Waals surface area contributed by atoms with Crippen molar-refractivity contribution in [2.45, 2.75) is 33.4 Å². The second-order valence-corrected chi connectivity index (χ2v) is 5.26. The Balaban J connectivity index is 2.09. The minimum atomic E-state index is 0.441. The maximum Gasteiger partial charge on any atom is 0.159 e. The summed E-state index contributed by atoms with van der Waals surface area (Å²) in [5.74, 6) is 1.05. The minimum absolute atomic E-state index is 0.441. The summed E-state index contributed by atoms with van der Waals surface area (Å²) >= 11 is 0. The van der Waals surface area contributed by atoms with E-state index in [9.17, 15) is 0 Å². The Kier molecular flexibility index (Phi) is 2.55. The third kappa shape index (κ3) is 1.60. The van der Waals surface area contributed by atoms with Gasteiger partial charge in [0.1, 0.15) is 0 Å². The predicted octanol–water partition coefficient (Wildman–Crippen LogP) is 2.30. The molecular weight excluding hydrogens is 224 g/mol. The van der Waals surface area contributed by atoms with Crippen LogP contribution in [0.1, 0.15) is 30.0 Å². The second kappa shape index (κ2) is 3.99. The first kappa shape index (κ1) is 11.5. The second-order valence-electron chi connectivity index (χ2n) is 5.26. The van der Waals surface area contributed by atoms with Crippen LogP contribution in [0.2, 0.25) is 0 Å². The normalized spacial score (nSPS) is 20.1. The summed E-state index contributed by atoms with van der Waals surface area (Å²) in [5.41, 5.74) is 3.79. The maximum atomic E-state index is 4.75. The molecule has 1 unspecified atom stereocenters. The molecule has 2 aromatic rings. The lowest BCUT2D eigenvalue weighted by molar-refractivity contribution is 0.202. The van der Waals surface area contributed by atoms with Crippen molar-refractivity contribution in [2.75, 3.05) is 13.6 Å². The van der Waals surface area contributed by atoms with Crippen LogP contribution in [0.5, 0.6) is 0 Å². The van der Waals surface area contributed by atoms with Crippen molar-refractivity contribution in [1.82, 2.24) is 19.2 Å². The molecule has 4 nitrogen and oxygen atoms in total. The number of fused-ring (bicyclic) bond motifs is 1. The zero-order chi connectivity index (χ0) is 12.9. The molecule has 96 valence electrons. The number of nitrogens with zero attached hydrogens (tertiary/aromatic N) is 4. The molecule has 0 radical (unpaired) electrons. The third-order valence-corrected chi connectivity index (χ3v) is 4.05. The minimum Gasteiger partial charge on any atom is -0.302 e. The standard InChI is InChI=1S/C14H20N4/c1-10-5-6-11(2)18(10)14-9-13-12(3)16(4)7-8-17(13)15-14/h5-6,9,12H,7-8H2,1-4H3. The van der Waals surface area contributed by atoms with Gasteiger partial charge in [-0.25, -0.2) is 0 Å². The van der Waals surface area contributed by atoms with Crippen molar-refractivity contribution in [2.24, 2.45) is 0 Å². The molecule has 0 bridgehead atoms. The number of hydrogen-bond donors (Lipinski definition) is 0. The molecule has 0 saturated carbocycles. The topological polar surface area (TPSA) is 26.0 Å².